The molecule has 0 saturated carbocycles. The van der Waals surface area contributed by atoms with Gasteiger partial charge in [0.05, 0.1) is 0 Å². The number of carbonyl (C=O) groups excluding carboxylic acids is 1. The molecule has 1 saturated heterocycles. The Balaban J connectivity index is 1.52. The summed E-state index contributed by atoms with van der Waals surface area (Å²) in [7, 11) is 0. The molecule has 27 heavy (non-hydrogen) atoms. The molecule has 146 valence electrons. The number of halogens is 1. The third kappa shape index (κ3) is 4.82. The number of nitrogens with one attached hydrogen (secondary N) is 1. The molecule has 2 heterocycles. The number of benzene rings is 1. The van der Waals surface area contributed by atoms with Gasteiger partial charge in [0.15, 0.2) is 5.82 Å². The molecule has 3 rings (SSSR count). The Morgan fingerprint density at radius 2 is 1.89 bits per heavy atom. The maximum atomic E-state index is 13.0. The van der Waals surface area contributed by atoms with E-state index in [-0.39, 0.29) is 23.4 Å². The molecule has 1 N–H and O–H groups in total. The number of nitrogens with zero attached hydrogens (tertiary/aromatic N) is 4. The number of piperazine rings is 1. The molecular formula is C19H26FN5O2. The second kappa shape index (κ2) is 8.04. The van der Waals surface area contributed by atoms with Crippen molar-refractivity contribution < 1.29 is 13.7 Å². The van der Waals surface area contributed by atoms with Crippen LogP contribution < -0.4 is 5.32 Å². The zero-order valence-electron chi connectivity index (χ0n) is 16.0. The van der Waals surface area contributed by atoms with Crippen molar-refractivity contribution in [2.75, 3.05) is 31.5 Å². The first-order valence-electron chi connectivity index (χ1n) is 9.25. The summed E-state index contributed by atoms with van der Waals surface area (Å²) < 4.78 is 18.1. The van der Waals surface area contributed by atoms with E-state index in [2.05, 4.69) is 41.1 Å². The van der Waals surface area contributed by atoms with Gasteiger partial charge in [-0.15, -0.1) is 0 Å². The second-order valence-electron chi connectivity index (χ2n) is 7.39. The molecule has 1 aromatic heterocycles. The van der Waals surface area contributed by atoms with Crippen LogP contribution in [0.15, 0.2) is 28.8 Å². The number of rotatable bonds is 5. The van der Waals surface area contributed by atoms with Crippen LogP contribution in [0.4, 0.5) is 15.2 Å². The number of anilines is 1. The normalized spacial score (nSPS) is 15.8. The van der Waals surface area contributed by atoms with E-state index in [0.29, 0.717) is 25.3 Å². The van der Waals surface area contributed by atoms with Crippen molar-refractivity contribution in [1.82, 2.24) is 19.9 Å². The fourth-order valence-electron chi connectivity index (χ4n) is 3.07. The summed E-state index contributed by atoms with van der Waals surface area (Å²) in [5.74, 6) is 0.147. The van der Waals surface area contributed by atoms with Crippen molar-refractivity contribution in [3.63, 3.8) is 0 Å². The largest absolute Gasteiger partial charge is 0.329 e. The van der Waals surface area contributed by atoms with Crippen molar-refractivity contribution in [3.8, 4) is 0 Å². The minimum atomic E-state index is -0.290. The van der Waals surface area contributed by atoms with Crippen LogP contribution in [0.2, 0.25) is 0 Å². The standard InChI is InChI=1S/C19H26FN5O2/c1-4-19(2,3)25-11-9-24(10-12-25)18(26)22-17-21-16(23-27-17)13-14-5-7-15(20)8-6-14/h5-8H,4,9-13H2,1-3H3,(H,21,22,23,26). The molecule has 0 aliphatic carbocycles. The van der Waals surface area contributed by atoms with Gasteiger partial charge in [0.2, 0.25) is 0 Å². The van der Waals surface area contributed by atoms with E-state index < -0.39 is 0 Å². The van der Waals surface area contributed by atoms with Crippen molar-refractivity contribution in [2.24, 2.45) is 0 Å². The van der Waals surface area contributed by atoms with Gasteiger partial charge in [-0.3, -0.25) is 10.2 Å². The summed E-state index contributed by atoms with van der Waals surface area (Å²) in [5.41, 5.74) is 1.01. The monoisotopic (exact) mass is 375 g/mol. The summed E-state index contributed by atoms with van der Waals surface area (Å²) in [5, 5.41) is 6.53. The molecule has 2 aromatic rings. The Bertz CT molecular complexity index is 767. The van der Waals surface area contributed by atoms with Crippen molar-refractivity contribution in [1.29, 1.82) is 0 Å². The highest BCUT2D eigenvalue weighted by atomic mass is 19.1. The average molecular weight is 375 g/mol. The van der Waals surface area contributed by atoms with Gasteiger partial charge in [0.1, 0.15) is 5.82 Å². The summed E-state index contributed by atoms with van der Waals surface area (Å²) in [6, 6.07) is 5.95. The van der Waals surface area contributed by atoms with E-state index in [9.17, 15) is 9.18 Å². The minimum absolute atomic E-state index is 0.0772. The lowest BCUT2D eigenvalue weighted by Gasteiger charge is -2.43. The fourth-order valence-corrected chi connectivity index (χ4v) is 3.07. The second-order valence-corrected chi connectivity index (χ2v) is 7.39. The van der Waals surface area contributed by atoms with Gasteiger partial charge in [-0.05, 0) is 38.0 Å². The summed E-state index contributed by atoms with van der Waals surface area (Å²) in [6.07, 6.45) is 1.47. The predicted molar refractivity (Wildman–Crippen MR) is 100 cm³/mol. The van der Waals surface area contributed by atoms with Gasteiger partial charge in [0.25, 0.3) is 0 Å². The maximum Gasteiger partial charge on any atom is 0.329 e. The first kappa shape index (κ1) is 19.3. The average Bonchev–Trinajstić information content (AvgIpc) is 3.10. The van der Waals surface area contributed by atoms with E-state index >= 15 is 0 Å². The van der Waals surface area contributed by atoms with Crippen LogP contribution in [0.5, 0.6) is 0 Å². The Kier molecular flexibility index (Phi) is 5.74. The van der Waals surface area contributed by atoms with E-state index in [1.54, 1.807) is 17.0 Å². The third-order valence-electron chi connectivity index (χ3n) is 5.25. The zero-order chi connectivity index (χ0) is 19.4. The van der Waals surface area contributed by atoms with Crippen LogP contribution in [0.1, 0.15) is 38.6 Å². The fraction of sp³-hybridized carbons (Fsp3) is 0.526. The molecule has 7 nitrogen and oxygen atoms in total. The molecule has 1 aliphatic heterocycles. The molecule has 1 aromatic carbocycles. The Morgan fingerprint density at radius 3 is 2.52 bits per heavy atom. The lowest BCUT2D eigenvalue weighted by atomic mass is 9.98. The SMILES string of the molecule is CCC(C)(C)N1CCN(C(=O)Nc2nc(Cc3ccc(F)cc3)no2)CC1. The highest BCUT2D eigenvalue weighted by Crippen LogP contribution is 2.20. The molecule has 8 heteroatoms. The first-order chi connectivity index (χ1) is 12.9. The van der Waals surface area contributed by atoms with Crippen LogP contribution in [0.25, 0.3) is 0 Å². The van der Waals surface area contributed by atoms with Crippen LogP contribution >= 0.6 is 0 Å². The first-order valence-corrected chi connectivity index (χ1v) is 9.25. The van der Waals surface area contributed by atoms with Gasteiger partial charge in [-0.25, -0.2) is 9.18 Å². The number of carbonyl (C=O) groups is 1. The molecule has 1 fully saturated rings. The molecule has 0 spiro atoms. The number of hydrogen-bond donors (Lipinski definition) is 1. The van der Waals surface area contributed by atoms with Gasteiger partial charge in [0, 0.05) is 38.1 Å². The third-order valence-corrected chi connectivity index (χ3v) is 5.25. The number of hydrogen-bond acceptors (Lipinski definition) is 5. The van der Waals surface area contributed by atoms with Crippen LogP contribution in [-0.2, 0) is 6.42 Å². The minimum Gasteiger partial charge on any atom is -0.322 e. The Morgan fingerprint density at radius 1 is 1.22 bits per heavy atom. The van der Waals surface area contributed by atoms with Crippen LogP contribution in [0.3, 0.4) is 0 Å². The number of aromatic nitrogens is 2. The highest BCUT2D eigenvalue weighted by molar-refractivity contribution is 5.87. The van der Waals surface area contributed by atoms with E-state index in [0.717, 1.165) is 25.1 Å². The summed E-state index contributed by atoms with van der Waals surface area (Å²) >= 11 is 0. The van der Waals surface area contributed by atoms with Crippen molar-refractivity contribution in [2.45, 2.75) is 39.2 Å². The predicted octanol–water partition coefficient (Wildman–Crippen LogP) is 3.14. The summed E-state index contributed by atoms with van der Waals surface area (Å²) in [4.78, 5) is 20.8. The van der Waals surface area contributed by atoms with E-state index in [1.807, 2.05) is 0 Å². The topological polar surface area (TPSA) is 74.5 Å². The Hall–Kier alpha value is -2.48. The quantitative estimate of drug-likeness (QED) is 0.869. The molecule has 0 unspecified atom stereocenters. The lowest BCUT2D eigenvalue weighted by molar-refractivity contribution is 0.0639. The van der Waals surface area contributed by atoms with Crippen LogP contribution in [-0.4, -0.2) is 57.7 Å². The van der Waals surface area contributed by atoms with Gasteiger partial charge in [-0.1, -0.05) is 24.2 Å². The molecule has 0 atom stereocenters. The highest BCUT2D eigenvalue weighted by Gasteiger charge is 2.30. The van der Waals surface area contributed by atoms with Gasteiger partial charge in [-0.2, -0.15) is 4.98 Å². The van der Waals surface area contributed by atoms with Crippen LogP contribution in [0, 0.1) is 5.82 Å². The Labute approximate surface area is 158 Å². The lowest BCUT2D eigenvalue weighted by Crippen LogP contribution is -2.56. The smallest absolute Gasteiger partial charge is 0.322 e. The van der Waals surface area contributed by atoms with Crippen molar-refractivity contribution in [3.05, 3.63) is 41.5 Å². The van der Waals surface area contributed by atoms with E-state index in [1.165, 1.54) is 12.1 Å². The molecule has 1 aliphatic rings. The number of amides is 2. The number of urea groups is 1. The molecule has 0 radical (unpaired) electrons. The van der Waals surface area contributed by atoms with Crippen molar-refractivity contribution >= 4 is 12.0 Å². The van der Waals surface area contributed by atoms with Gasteiger partial charge < -0.3 is 9.42 Å². The van der Waals surface area contributed by atoms with E-state index in [4.69, 9.17) is 4.52 Å². The maximum absolute atomic E-state index is 13.0. The summed E-state index contributed by atoms with van der Waals surface area (Å²) in [6.45, 7) is 9.63. The van der Waals surface area contributed by atoms with Gasteiger partial charge >= 0.3 is 12.0 Å². The zero-order valence-corrected chi connectivity index (χ0v) is 16.0. The molecular weight excluding hydrogens is 349 g/mol. The molecule has 0 bridgehead atoms. The molecule has 2 amide bonds.